The zero-order chi connectivity index (χ0) is 16.3. The first kappa shape index (κ1) is 16.7. The lowest BCUT2D eigenvalue weighted by Gasteiger charge is -2.35. The molecule has 0 radical (unpaired) electrons. The Kier molecular flexibility index (Phi) is 5.04. The van der Waals surface area contributed by atoms with Gasteiger partial charge in [0.2, 0.25) is 0 Å². The van der Waals surface area contributed by atoms with Crippen LogP contribution in [0.3, 0.4) is 0 Å². The van der Waals surface area contributed by atoms with Gasteiger partial charge in [0.15, 0.2) is 5.78 Å². The molecule has 1 saturated carbocycles. The fourth-order valence-electron chi connectivity index (χ4n) is 3.38. The maximum absolute atomic E-state index is 12.3. The number of hydrogen-bond acceptors (Lipinski definition) is 5. The van der Waals surface area contributed by atoms with E-state index in [1.165, 1.54) is 19.7 Å². The zero-order valence-electron chi connectivity index (χ0n) is 13.6. The van der Waals surface area contributed by atoms with Gasteiger partial charge >= 0.3 is 5.97 Å². The minimum absolute atomic E-state index is 0.165. The second kappa shape index (κ2) is 6.63. The number of aliphatic imine (C=N–C) groups is 1. The normalized spacial score (nSPS) is 26.5. The van der Waals surface area contributed by atoms with Gasteiger partial charge in [0.25, 0.3) is 0 Å². The number of aliphatic hydroxyl groups is 1. The third-order valence-electron chi connectivity index (χ3n) is 4.67. The van der Waals surface area contributed by atoms with Gasteiger partial charge < -0.3 is 9.84 Å². The highest BCUT2D eigenvalue weighted by molar-refractivity contribution is 6.15. The number of carbonyl (C=O) groups excluding carboxylic acids is 2. The summed E-state index contributed by atoms with van der Waals surface area (Å²) in [7, 11) is 1.29. The number of Topliss-reactive ketones (excluding diaryl/α,β-unsaturated/α-hetero) is 1. The van der Waals surface area contributed by atoms with Crippen molar-refractivity contribution >= 4 is 18.0 Å². The fraction of sp³-hybridized carbons (Fsp3) is 0.706. The van der Waals surface area contributed by atoms with E-state index in [9.17, 15) is 14.7 Å². The first-order valence-corrected chi connectivity index (χ1v) is 7.94. The molecule has 122 valence electrons. The lowest BCUT2D eigenvalue weighted by molar-refractivity contribution is -0.150. The second-order valence-electron chi connectivity index (χ2n) is 6.91. The average molecular weight is 307 g/mol. The van der Waals surface area contributed by atoms with Gasteiger partial charge in [0, 0.05) is 18.7 Å². The van der Waals surface area contributed by atoms with Crippen molar-refractivity contribution in [3.63, 3.8) is 0 Å². The molecule has 0 unspecified atom stereocenters. The van der Waals surface area contributed by atoms with Crippen molar-refractivity contribution in [3.05, 3.63) is 11.3 Å². The number of esters is 1. The van der Waals surface area contributed by atoms with Crippen LogP contribution >= 0.6 is 0 Å². The van der Waals surface area contributed by atoms with Crippen LogP contribution < -0.4 is 0 Å². The fourth-order valence-corrected chi connectivity index (χ4v) is 3.38. The molecule has 0 saturated heterocycles. The summed E-state index contributed by atoms with van der Waals surface area (Å²) in [5, 5.41) is 10.4. The number of methoxy groups -OCH3 is 1. The molecular weight excluding hydrogens is 282 g/mol. The second-order valence-corrected chi connectivity index (χ2v) is 6.91. The predicted octanol–water partition coefficient (Wildman–Crippen LogP) is 2.99. The van der Waals surface area contributed by atoms with E-state index in [1.54, 1.807) is 13.8 Å². The van der Waals surface area contributed by atoms with Gasteiger partial charge in [-0.1, -0.05) is 33.1 Å². The summed E-state index contributed by atoms with van der Waals surface area (Å²) in [5.41, 5.74) is -0.489. The molecule has 5 heteroatoms. The van der Waals surface area contributed by atoms with Crippen LogP contribution in [-0.4, -0.2) is 36.2 Å². The van der Waals surface area contributed by atoms with E-state index in [1.807, 2.05) is 0 Å². The van der Waals surface area contributed by atoms with Crippen molar-refractivity contribution in [3.8, 4) is 0 Å². The van der Waals surface area contributed by atoms with Crippen LogP contribution in [0, 0.1) is 11.3 Å². The largest absolute Gasteiger partial charge is 0.511 e. The Balaban J connectivity index is 2.28. The smallest absolute Gasteiger partial charge is 0.316 e. The van der Waals surface area contributed by atoms with E-state index >= 15 is 0 Å². The maximum atomic E-state index is 12.3. The Bertz CT molecular complexity index is 513. The van der Waals surface area contributed by atoms with Gasteiger partial charge in [-0.05, 0) is 18.3 Å². The summed E-state index contributed by atoms with van der Waals surface area (Å²) in [6.45, 7) is 3.58. The van der Waals surface area contributed by atoms with E-state index in [2.05, 4.69) is 4.99 Å². The zero-order valence-corrected chi connectivity index (χ0v) is 13.6. The van der Waals surface area contributed by atoms with Gasteiger partial charge in [0.1, 0.15) is 11.7 Å². The summed E-state index contributed by atoms with van der Waals surface area (Å²) >= 11 is 0. The lowest BCUT2D eigenvalue weighted by atomic mass is 9.68. The SMILES string of the molecule is COC(=O)[C@H]1C(O)=C(C=NC2CCCCC2)C(=O)CC1(C)C. The minimum Gasteiger partial charge on any atom is -0.511 e. The minimum atomic E-state index is -0.817. The van der Waals surface area contributed by atoms with E-state index < -0.39 is 17.3 Å². The summed E-state index contributed by atoms with van der Waals surface area (Å²) in [6.07, 6.45) is 7.24. The Morgan fingerprint density at radius 3 is 2.55 bits per heavy atom. The Morgan fingerprint density at radius 1 is 1.32 bits per heavy atom. The van der Waals surface area contributed by atoms with Crippen LogP contribution in [0.4, 0.5) is 0 Å². The maximum Gasteiger partial charge on any atom is 0.316 e. The van der Waals surface area contributed by atoms with Gasteiger partial charge in [0.05, 0.1) is 12.7 Å². The van der Waals surface area contributed by atoms with Crippen LogP contribution in [0.1, 0.15) is 52.4 Å². The molecule has 5 nitrogen and oxygen atoms in total. The molecule has 2 aliphatic carbocycles. The molecule has 2 aliphatic rings. The monoisotopic (exact) mass is 307 g/mol. The molecule has 0 amide bonds. The molecule has 0 aromatic rings. The average Bonchev–Trinajstić information content (AvgIpc) is 2.46. The molecule has 0 bridgehead atoms. The first-order chi connectivity index (χ1) is 10.4. The highest BCUT2D eigenvalue weighted by Gasteiger charge is 2.46. The number of hydrogen-bond donors (Lipinski definition) is 1. The van der Waals surface area contributed by atoms with Crippen LogP contribution in [0.2, 0.25) is 0 Å². The summed E-state index contributed by atoms with van der Waals surface area (Å²) < 4.78 is 4.78. The number of aliphatic hydroxyl groups excluding tert-OH is 1. The van der Waals surface area contributed by atoms with Crippen molar-refractivity contribution in [2.75, 3.05) is 7.11 Å². The Labute approximate surface area is 131 Å². The third kappa shape index (κ3) is 3.39. The summed E-state index contributed by atoms with van der Waals surface area (Å²) in [4.78, 5) is 28.7. The number of rotatable bonds is 3. The Hall–Kier alpha value is -1.65. The molecule has 0 aromatic carbocycles. The lowest BCUT2D eigenvalue weighted by Crippen LogP contribution is -2.40. The van der Waals surface area contributed by atoms with Crippen LogP contribution in [-0.2, 0) is 14.3 Å². The number of ketones is 1. The van der Waals surface area contributed by atoms with Crippen molar-refractivity contribution < 1.29 is 19.4 Å². The number of ether oxygens (including phenoxy) is 1. The van der Waals surface area contributed by atoms with Crippen molar-refractivity contribution in [1.29, 1.82) is 0 Å². The molecule has 0 heterocycles. The predicted molar refractivity (Wildman–Crippen MR) is 83.9 cm³/mol. The first-order valence-electron chi connectivity index (χ1n) is 7.94. The van der Waals surface area contributed by atoms with Gasteiger partial charge in [-0.25, -0.2) is 0 Å². The van der Waals surface area contributed by atoms with E-state index in [4.69, 9.17) is 4.74 Å². The highest BCUT2D eigenvalue weighted by Crippen LogP contribution is 2.41. The molecule has 22 heavy (non-hydrogen) atoms. The van der Waals surface area contributed by atoms with Crippen LogP contribution in [0.15, 0.2) is 16.3 Å². The highest BCUT2D eigenvalue weighted by atomic mass is 16.5. The van der Waals surface area contributed by atoms with Crippen LogP contribution in [0.25, 0.3) is 0 Å². The molecule has 1 N–H and O–H groups in total. The molecule has 0 spiro atoms. The van der Waals surface area contributed by atoms with Gasteiger partial charge in [-0.3, -0.25) is 14.6 Å². The van der Waals surface area contributed by atoms with E-state index in [-0.39, 0.29) is 29.6 Å². The molecule has 1 fully saturated rings. The van der Waals surface area contributed by atoms with Gasteiger partial charge in [-0.2, -0.15) is 0 Å². The van der Waals surface area contributed by atoms with Gasteiger partial charge in [-0.15, -0.1) is 0 Å². The quantitative estimate of drug-likeness (QED) is 0.642. The standard InChI is InChI=1S/C17H25NO4/c1-17(2)9-13(19)12(15(20)14(17)16(21)22-3)10-18-11-7-5-4-6-8-11/h10-11,14,20H,4-9H2,1-3H3/t14-/m1/s1. The summed E-state index contributed by atoms with van der Waals surface area (Å²) in [6, 6.07) is 0.216. The molecule has 0 aromatic heterocycles. The number of allylic oxidation sites excluding steroid dienone is 1. The van der Waals surface area contributed by atoms with E-state index in [0.29, 0.717) is 0 Å². The molecule has 0 aliphatic heterocycles. The van der Waals surface area contributed by atoms with Crippen molar-refractivity contribution in [2.24, 2.45) is 16.3 Å². The van der Waals surface area contributed by atoms with Crippen LogP contribution in [0.5, 0.6) is 0 Å². The van der Waals surface area contributed by atoms with Crippen molar-refractivity contribution in [1.82, 2.24) is 0 Å². The van der Waals surface area contributed by atoms with E-state index in [0.717, 1.165) is 25.7 Å². The molecular formula is C17H25NO4. The summed E-state index contributed by atoms with van der Waals surface area (Å²) in [5.74, 6) is -1.70. The topological polar surface area (TPSA) is 76.0 Å². The number of carbonyl (C=O) groups is 2. The van der Waals surface area contributed by atoms with Crippen molar-refractivity contribution in [2.45, 2.75) is 58.4 Å². The third-order valence-corrected chi connectivity index (χ3v) is 4.67. The Morgan fingerprint density at radius 2 is 1.95 bits per heavy atom. The molecule has 1 atom stereocenters. The molecule has 2 rings (SSSR count). The number of nitrogens with zero attached hydrogens (tertiary/aromatic N) is 1.